The molecule has 0 amide bonds. The average molecular weight is 271 g/mol. The van der Waals surface area contributed by atoms with Crippen LogP contribution in [0.3, 0.4) is 0 Å². The lowest BCUT2D eigenvalue weighted by Gasteiger charge is -2.08. The Kier molecular flexibility index (Phi) is 3.98. The number of benzene rings is 1. The summed E-state index contributed by atoms with van der Waals surface area (Å²) < 4.78 is 7.62. The van der Waals surface area contributed by atoms with E-state index >= 15 is 0 Å². The number of ketones is 1. The fourth-order valence-corrected chi connectivity index (χ4v) is 2.17. The number of carbonyl (C=O) groups excluding carboxylic acids is 1. The van der Waals surface area contributed by atoms with Crippen molar-refractivity contribution in [2.24, 2.45) is 7.05 Å². The first-order valence-electron chi connectivity index (χ1n) is 6.76. The number of Topliss-reactive ketones (excluding diaryl/α,β-unsaturated/α-hetero) is 1. The first kappa shape index (κ1) is 14.4. The number of rotatable bonds is 4. The molecule has 0 atom stereocenters. The van der Waals surface area contributed by atoms with Crippen LogP contribution in [0.4, 0.5) is 0 Å². The highest BCUT2D eigenvalue weighted by Gasteiger charge is 2.14. The Morgan fingerprint density at radius 2 is 1.80 bits per heavy atom. The molecule has 20 heavy (non-hydrogen) atoms. The normalized spacial score (nSPS) is 10.7. The Morgan fingerprint density at radius 3 is 2.35 bits per heavy atom. The minimum Gasteiger partial charge on any atom is -0.485 e. The monoisotopic (exact) mass is 271 g/mol. The summed E-state index contributed by atoms with van der Waals surface area (Å²) in [6.07, 6.45) is 0. The number of aryl methyl sites for hydroxylation is 3. The molecule has 106 valence electrons. The number of aromatic nitrogens is 1. The molecule has 1 aromatic heterocycles. The molecule has 0 fully saturated rings. The van der Waals surface area contributed by atoms with Crippen LogP contribution in [0.15, 0.2) is 24.3 Å². The fraction of sp³-hybridized carbons (Fsp3) is 0.353. The number of nitrogens with zero attached hydrogens (tertiary/aromatic N) is 1. The molecule has 0 N–H and O–H groups in total. The third-order valence-corrected chi connectivity index (χ3v) is 3.92. The average Bonchev–Trinajstić information content (AvgIpc) is 2.67. The Morgan fingerprint density at radius 1 is 1.10 bits per heavy atom. The van der Waals surface area contributed by atoms with E-state index in [-0.39, 0.29) is 12.4 Å². The summed E-state index contributed by atoms with van der Waals surface area (Å²) in [5, 5.41) is 0. The van der Waals surface area contributed by atoms with Crippen molar-refractivity contribution in [3.8, 4) is 5.75 Å². The first-order valence-corrected chi connectivity index (χ1v) is 6.76. The second kappa shape index (κ2) is 5.53. The van der Waals surface area contributed by atoms with E-state index in [2.05, 4.69) is 6.92 Å². The lowest BCUT2D eigenvalue weighted by Crippen LogP contribution is -2.12. The topological polar surface area (TPSA) is 31.2 Å². The number of carbonyl (C=O) groups is 1. The largest absolute Gasteiger partial charge is 0.485 e. The van der Waals surface area contributed by atoms with E-state index in [0.717, 1.165) is 22.7 Å². The van der Waals surface area contributed by atoms with E-state index in [9.17, 15) is 4.79 Å². The molecular weight excluding hydrogens is 250 g/mol. The first-order chi connectivity index (χ1) is 9.40. The molecule has 0 aliphatic rings. The van der Waals surface area contributed by atoms with Gasteiger partial charge >= 0.3 is 0 Å². The minimum absolute atomic E-state index is 0.0180. The van der Waals surface area contributed by atoms with Crippen LogP contribution in [0.25, 0.3) is 0 Å². The molecule has 1 heterocycles. The molecule has 2 aromatic rings. The van der Waals surface area contributed by atoms with Gasteiger partial charge in [0.15, 0.2) is 6.61 Å². The van der Waals surface area contributed by atoms with E-state index < -0.39 is 0 Å². The van der Waals surface area contributed by atoms with Crippen LogP contribution in [0, 0.1) is 27.7 Å². The SMILES string of the molecule is Cc1ccc(OCC(=O)c2cc(C)n(C)c2C)cc1C. The van der Waals surface area contributed by atoms with Gasteiger partial charge in [-0.25, -0.2) is 0 Å². The molecule has 0 bridgehead atoms. The maximum absolute atomic E-state index is 12.2. The molecule has 2 rings (SSSR count). The van der Waals surface area contributed by atoms with Crippen molar-refractivity contribution in [2.45, 2.75) is 27.7 Å². The maximum atomic E-state index is 12.2. The van der Waals surface area contributed by atoms with Crippen molar-refractivity contribution in [3.63, 3.8) is 0 Å². The van der Waals surface area contributed by atoms with Crippen molar-refractivity contribution in [1.82, 2.24) is 4.57 Å². The van der Waals surface area contributed by atoms with Gasteiger partial charge in [0.25, 0.3) is 0 Å². The maximum Gasteiger partial charge on any atom is 0.202 e. The van der Waals surface area contributed by atoms with Crippen LogP contribution in [0.1, 0.15) is 32.9 Å². The highest BCUT2D eigenvalue weighted by Crippen LogP contribution is 2.18. The lowest BCUT2D eigenvalue weighted by molar-refractivity contribution is 0.0921. The van der Waals surface area contributed by atoms with Gasteiger partial charge < -0.3 is 9.30 Å². The van der Waals surface area contributed by atoms with E-state index in [1.807, 2.05) is 56.7 Å². The van der Waals surface area contributed by atoms with Crippen molar-refractivity contribution >= 4 is 5.78 Å². The van der Waals surface area contributed by atoms with Gasteiger partial charge in [-0.1, -0.05) is 6.07 Å². The van der Waals surface area contributed by atoms with E-state index in [1.165, 1.54) is 11.1 Å². The van der Waals surface area contributed by atoms with Crippen molar-refractivity contribution < 1.29 is 9.53 Å². The fourth-order valence-electron chi connectivity index (χ4n) is 2.17. The number of hydrogen-bond acceptors (Lipinski definition) is 2. The summed E-state index contributed by atoms with van der Waals surface area (Å²) in [6.45, 7) is 8.12. The Labute approximate surface area is 120 Å². The molecular formula is C17H21NO2. The zero-order chi connectivity index (χ0) is 14.9. The second-order valence-corrected chi connectivity index (χ2v) is 5.30. The third-order valence-electron chi connectivity index (χ3n) is 3.92. The smallest absolute Gasteiger partial charge is 0.202 e. The van der Waals surface area contributed by atoms with Gasteiger partial charge in [0, 0.05) is 24.0 Å². The molecule has 1 aromatic carbocycles. The molecule has 0 unspecified atom stereocenters. The van der Waals surface area contributed by atoms with Crippen LogP contribution in [0.5, 0.6) is 5.75 Å². The summed E-state index contributed by atoms with van der Waals surface area (Å²) >= 11 is 0. The summed E-state index contributed by atoms with van der Waals surface area (Å²) in [5.74, 6) is 0.760. The molecule has 0 radical (unpaired) electrons. The molecule has 0 aliphatic heterocycles. The number of hydrogen-bond donors (Lipinski definition) is 0. The molecule has 3 heteroatoms. The summed E-state index contributed by atoms with van der Waals surface area (Å²) in [6, 6.07) is 7.79. The van der Waals surface area contributed by atoms with Gasteiger partial charge in [-0.3, -0.25) is 4.79 Å². The quantitative estimate of drug-likeness (QED) is 0.797. The number of ether oxygens (including phenoxy) is 1. The predicted octanol–water partition coefficient (Wildman–Crippen LogP) is 3.52. The standard InChI is InChI=1S/C17H21NO2/c1-11-6-7-15(8-12(11)2)20-10-17(19)16-9-13(3)18(5)14(16)4/h6-9H,10H2,1-5H3. The zero-order valence-electron chi connectivity index (χ0n) is 12.8. The van der Waals surface area contributed by atoms with Crippen LogP contribution in [-0.2, 0) is 7.05 Å². The minimum atomic E-state index is 0.0180. The molecule has 0 aliphatic carbocycles. The highest BCUT2D eigenvalue weighted by atomic mass is 16.5. The van der Waals surface area contributed by atoms with Crippen molar-refractivity contribution in [3.05, 3.63) is 52.3 Å². The summed E-state index contributed by atoms with van der Waals surface area (Å²) in [4.78, 5) is 12.2. The van der Waals surface area contributed by atoms with Gasteiger partial charge in [0.2, 0.25) is 5.78 Å². The Hall–Kier alpha value is -2.03. The predicted molar refractivity (Wildman–Crippen MR) is 80.6 cm³/mol. The van der Waals surface area contributed by atoms with Crippen LogP contribution >= 0.6 is 0 Å². The molecule has 0 saturated carbocycles. The van der Waals surface area contributed by atoms with Gasteiger partial charge in [0.1, 0.15) is 5.75 Å². The van der Waals surface area contributed by atoms with E-state index in [0.29, 0.717) is 0 Å². The summed E-state index contributed by atoms with van der Waals surface area (Å²) in [7, 11) is 1.96. The van der Waals surface area contributed by atoms with Gasteiger partial charge in [-0.15, -0.1) is 0 Å². The van der Waals surface area contributed by atoms with E-state index in [4.69, 9.17) is 4.74 Å². The van der Waals surface area contributed by atoms with Crippen LogP contribution in [0.2, 0.25) is 0 Å². The molecule has 0 saturated heterocycles. The lowest BCUT2D eigenvalue weighted by atomic mass is 10.1. The van der Waals surface area contributed by atoms with Crippen molar-refractivity contribution in [1.29, 1.82) is 0 Å². The second-order valence-electron chi connectivity index (χ2n) is 5.30. The Balaban J connectivity index is 2.08. The highest BCUT2D eigenvalue weighted by molar-refractivity contribution is 5.98. The van der Waals surface area contributed by atoms with Crippen LogP contribution < -0.4 is 4.74 Å². The summed E-state index contributed by atoms with van der Waals surface area (Å²) in [5.41, 5.74) is 5.20. The van der Waals surface area contributed by atoms with Crippen molar-refractivity contribution in [2.75, 3.05) is 6.61 Å². The van der Waals surface area contributed by atoms with E-state index in [1.54, 1.807) is 0 Å². The van der Waals surface area contributed by atoms with Gasteiger partial charge in [-0.2, -0.15) is 0 Å². The third kappa shape index (κ3) is 2.77. The van der Waals surface area contributed by atoms with Gasteiger partial charge in [-0.05, 0) is 57.0 Å². The van der Waals surface area contributed by atoms with Crippen LogP contribution in [-0.4, -0.2) is 17.0 Å². The molecule has 3 nitrogen and oxygen atoms in total. The van der Waals surface area contributed by atoms with Gasteiger partial charge in [0.05, 0.1) is 0 Å². The Bertz CT molecular complexity index is 653. The zero-order valence-corrected chi connectivity index (χ0v) is 12.8. The molecule has 0 spiro atoms.